The highest BCUT2D eigenvalue weighted by Crippen LogP contribution is 2.58. The third-order valence-electron chi connectivity index (χ3n) is 19.6. The highest BCUT2D eigenvalue weighted by molar-refractivity contribution is 9.10. The Morgan fingerprint density at radius 1 is 0.358 bits per heavy atom. The molecule has 0 saturated carbocycles. The van der Waals surface area contributed by atoms with Crippen molar-refractivity contribution >= 4 is 124 Å². The fourth-order valence-corrected chi connectivity index (χ4v) is 18.4. The summed E-state index contributed by atoms with van der Waals surface area (Å²) in [4.78, 5) is 26.2. The Balaban J connectivity index is 0.000000115. The van der Waals surface area contributed by atoms with Crippen LogP contribution in [0.3, 0.4) is 0 Å². The molecule has 2 aliphatic carbocycles. The van der Waals surface area contributed by atoms with Gasteiger partial charge in [-0.3, -0.25) is 0 Å². The first-order chi connectivity index (χ1) is 46.5. The molecule has 9 heteroatoms. The molecule has 1 N–H and O–H groups in total. The Morgan fingerprint density at radius 3 is 1.38 bits per heavy atom. The first kappa shape index (κ1) is 57.0. The number of hydrogen-bond donors (Lipinski definition) is 1. The van der Waals surface area contributed by atoms with Gasteiger partial charge in [-0.15, -0.1) is 22.7 Å². The molecule has 0 radical (unpaired) electrons. The molecule has 6 nitrogen and oxygen atoms in total. The molecule has 6 heterocycles. The first-order valence-corrected chi connectivity index (χ1v) is 34.6. The van der Waals surface area contributed by atoms with Crippen LogP contribution < -0.4 is 0 Å². The zero-order chi connectivity index (χ0) is 63.7. The molecule has 12 aromatic carbocycles. The highest BCUT2D eigenvalue weighted by Gasteiger charge is 2.40. The van der Waals surface area contributed by atoms with Crippen molar-refractivity contribution in [2.24, 2.45) is 0 Å². The Kier molecular flexibility index (Phi) is 13.4. The van der Waals surface area contributed by atoms with Gasteiger partial charge in [-0.25, -0.2) is 19.9 Å². The topological polar surface area (TPSA) is 72.3 Å². The molecule has 0 fully saturated rings. The van der Waals surface area contributed by atoms with Gasteiger partial charge in [0.1, 0.15) is 0 Å². The lowest BCUT2D eigenvalue weighted by Gasteiger charge is -2.21. The second-order valence-corrected chi connectivity index (χ2v) is 28.7. The van der Waals surface area contributed by atoms with Gasteiger partial charge in [-0.1, -0.05) is 262 Å². The fraction of sp³-hybridized carbons (Fsp3) is 0.0698. The Bertz CT molecular complexity index is 6100. The van der Waals surface area contributed by atoms with Crippen molar-refractivity contribution < 1.29 is 0 Å². The summed E-state index contributed by atoms with van der Waals surface area (Å²) in [5.41, 5.74) is 22.8. The predicted octanol–water partition coefficient (Wildman–Crippen LogP) is 24.2. The maximum Gasteiger partial charge on any atom is 0.160 e. The van der Waals surface area contributed by atoms with Gasteiger partial charge >= 0.3 is 0 Å². The highest BCUT2D eigenvalue weighted by atomic mass is 79.9. The molecular weight excluding hydrogens is 1260 g/mol. The van der Waals surface area contributed by atoms with Crippen LogP contribution in [0, 0.1) is 0 Å². The van der Waals surface area contributed by atoms with Crippen LogP contribution >= 0.6 is 38.6 Å². The number of rotatable bonds is 5. The van der Waals surface area contributed by atoms with Crippen molar-refractivity contribution in [3.05, 3.63) is 306 Å². The fourth-order valence-electron chi connectivity index (χ4n) is 15.1. The second kappa shape index (κ2) is 22.2. The molecule has 0 atom stereocenters. The predicted molar refractivity (Wildman–Crippen MR) is 405 cm³/mol. The van der Waals surface area contributed by atoms with Crippen LogP contribution in [-0.2, 0) is 10.8 Å². The van der Waals surface area contributed by atoms with E-state index in [0.717, 1.165) is 77.3 Å². The molecule has 0 unspecified atom stereocenters. The standard InChI is InChI=1S/C43H29N3S.C23H17NS.C20H13BrN2/c1-43(2)34-17-9-6-15-31(34)40-37(43)33-25-24-30-29-14-8-11-19-36(29)46(39(30)41(33)47-40)28-22-20-27(21-23-28)42-44-35-18-10-7-16-32(35)38(45-42)26-12-4-3-5-13-26;1-23(2)17-9-5-3-8-15(17)21-19(23)16-12-11-14-13-7-4-6-10-18(13)24-20(14)22(16)25-21;21-16-12-10-15(11-13-16)20-22-18-9-5-4-8-17(18)19(23-20)14-6-2-1-3-7-14/h3-25H,1-2H3;3-12,24H,1-2H3;1-13H. The van der Waals surface area contributed by atoms with Gasteiger partial charge in [-0.2, -0.15) is 0 Å². The van der Waals surface area contributed by atoms with Crippen LogP contribution in [0.5, 0.6) is 0 Å². The Hall–Kier alpha value is -10.7. The van der Waals surface area contributed by atoms with E-state index in [4.69, 9.17) is 19.9 Å². The number of H-pyrrole nitrogens is 1. The molecule has 0 aliphatic heterocycles. The summed E-state index contributed by atoms with van der Waals surface area (Å²) in [6.07, 6.45) is 0. The SMILES string of the molecule is Brc1ccc(-c2nc(-c3ccccc3)c3ccccc3n2)cc1.CC1(C)c2ccccc2-c2sc3c(ccc4c5ccccc5[nH]c43)c21.CC1(C)c2ccccc2-c2sc3c(ccc4c5ccccc5n(-c5ccc(-c6nc(-c7ccccc7)c7ccccc7n6)cc5)c43)c21. The largest absolute Gasteiger partial charge is 0.353 e. The van der Waals surface area contributed by atoms with Crippen molar-refractivity contribution in [2.45, 2.75) is 38.5 Å². The molecule has 6 aromatic heterocycles. The molecule has 0 amide bonds. The van der Waals surface area contributed by atoms with Crippen molar-refractivity contribution in [2.75, 3.05) is 0 Å². The number of aromatic amines is 1. The lowest BCUT2D eigenvalue weighted by atomic mass is 9.81. The van der Waals surface area contributed by atoms with Gasteiger partial charge in [0.2, 0.25) is 0 Å². The van der Waals surface area contributed by atoms with Crippen molar-refractivity contribution in [1.29, 1.82) is 0 Å². The van der Waals surface area contributed by atoms with Crippen LogP contribution in [0.1, 0.15) is 49.9 Å². The number of benzene rings is 12. The molecule has 2 aliphatic rings. The van der Waals surface area contributed by atoms with Gasteiger partial charge in [-0.05, 0) is 105 Å². The molecule has 20 rings (SSSR count). The number of hydrogen-bond acceptors (Lipinski definition) is 6. The minimum atomic E-state index is -0.0468. The molecule has 452 valence electrons. The maximum absolute atomic E-state index is 5.12. The van der Waals surface area contributed by atoms with Crippen molar-refractivity contribution in [3.63, 3.8) is 0 Å². The number of fused-ring (bicyclic) bond motifs is 20. The van der Waals surface area contributed by atoms with E-state index in [9.17, 15) is 0 Å². The van der Waals surface area contributed by atoms with E-state index in [1.807, 2.05) is 95.5 Å². The summed E-state index contributed by atoms with van der Waals surface area (Å²) in [6, 6.07) is 98.5. The number of aromatic nitrogens is 6. The van der Waals surface area contributed by atoms with Gasteiger partial charge in [0.05, 0.1) is 48.4 Å². The van der Waals surface area contributed by atoms with Crippen LogP contribution in [0.4, 0.5) is 0 Å². The minimum Gasteiger partial charge on any atom is -0.353 e. The second-order valence-electron chi connectivity index (χ2n) is 25.8. The van der Waals surface area contributed by atoms with Gasteiger partial charge in [0.15, 0.2) is 11.6 Å². The summed E-state index contributed by atoms with van der Waals surface area (Å²) < 4.78 is 6.24. The molecular formula is C86H59BrN6S2. The summed E-state index contributed by atoms with van der Waals surface area (Å²) >= 11 is 7.36. The number of nitrogens with zero attached hydrogens (tertiary/aromatic N) is 5. The van der Waals surface area contributed by atoms with Crippen molar-refractivity contribution in [1.82, 2.24) is 29.5 Å². The van der Waals surface area contributed by atoms with Gasteiger partial charge in [0.25, 0.3) is 0 Å². The number of nitrogens with one attached hydrogen (secondary N) is 1. The number of para-hydroxylation sites is 4. The van der Waals surface area contributed by atoms with E-state index in [0.29, 0.717) is 0 Å². The lowest BCUT2D eigenvalue weighted by Crippen LogP contribution is -2.14. The number of halogens is 1. The third-order valence-corrected chi connectivity index (χ3v) is 22.6. The molecule has 95 heavy (non-hydrogen) atoms. The van der Waals surface area contributed by atoms with E-state index in [1.54, 1.807) is 0 Å². The average Bonchev–Trinajstić information content (AvgIpc) is 1.54. The molecule has 18 aromatic rings. The smallest absolute Gasteiger partial charge is 0.160 e. The third kappa shape index (κ3) is 9.16. The van der Waals surface area contributed by atoms with E-state index >= 15 is 0 Å². The lowest BCUT2D eigenvalue weighted by molar-refractivity contribution is 0.667. The van der Waals surface area contributed by atoms with Crippen LogP contribution in [0.2, 0.25) is 0 Å². The molecule has 0 spiro atoms. The zero-order valence-electron chi connectivity index (χ0n) is 52.5. The molecule has 0 saturated heterocycles. The van der Waals surface area contributed by atoms with E-state index in [-0.39, 0.29) is 10.8 Å². The van der Waals surface area contributed by atoms with Gasteiger partial charge in [0, 0.05) is 90.8 Å². The monoisotopic (exact) mass is 1320 g/mol. The zero-order valence-corrected chi connectivity index (χ0v) is 55.7. The average molecular weight is 1320 g/mol. The first-order valence-electron chi connectivity index (χ1n) is 32.2. The van der Waals surface area contributed by atoms with Crippen LogP contribution in [0.15, 0.2) is 284 Å². The van der Waals surface area contributed by atoms with Gasteiger partial charge < -0.3 is 9.55 Å². The Morgan fingerprint density at radius 2 is 0.800 bits per heavy atom. The van der Waals surface area contributed by atoms with E-state index < -0.39 is 0 Å². The quantitative estimate of drug-likeness (QED) is 0.186. The Labute approximate surface area is 565 Å². The van der Waals surface area contributed by atoms with Crippen LogP contribution in [-0.4, -0.2) is 29.5 Å². The summed E-state index contributed by atoms with van der Waals surface area (Å²) in [7, 11) is 0. The van der Waals surface area contributed by atoms with E-state index in [1.165, 1.54) is 107 Å². The van der Waals surface area contributed by atoms with Crippen LogP contribution in [0.25, 0.3) is 157 Å². The molecule has 0 bridgehead atoms. The minimum absolute atomic E-state index is 0.0468. The summed E-state index contributed by atoms with van der Waals surface area (Å²) in [5.74, 6) is 1.48. The van der Waals surface area contributed by atoms with Crippen molar-refractivity contribution in [3.8, 4) is 71.9 Å². The maximum atomic E-state index is 5.12. The summed E-state index contributed by atoms with van der Waals surface area (Å²) in [5, 5.41) is 10.1. The summed E-state index contributed by atoms with van der Waals surface area (Å²) in [6.45, 7) is 9.47. The normalized spacial score (nSPS) is 13.3. The van der Waals surface area contributed by atoms with E-state index in [2.05, 4.69) is 259 Å². The number of thiophene rings is 2.